The Morgan fingerprint density at radius 1 is 1.09 bits per heavy atom. The van der Waals surface area contributed by atoms with Gasteiger partial charge in [0.2, 0.25) is 11.2 Å². The molecule has 0 aliphatic rings. The molecule has 118 valence electrons. The molecule has 0 fully saturated rings. The van der Waals surface area contributed by atoms with Gasteiger partial charge in [-0.2, -0.15) is 13.2 Å². The van der Waals surface area contributed by atoms with Gasteiger partial charge in [0.15, 0.2) is 0 Å². The van der Waals surface area contributed by atoms with Gasteiger partial charge in [-0.15, -0.1) is 0 Å². The van der Waals surface area contributed by atoms with Gasteiger partial charge in [0, 0.05) is 16.7 Å². The second-order valence-electron chi connectivity index (χ2n) is 4.79. The lowest BCUT2D eigenvalue weighted by Gasteiger charge is -2.13. The highest BCUT2D eigenvalue weighted by Gasteiger charge is 2.39. The van der Waals surface area contributed by atoms with Crippen LogP contribution in [0.2, 0.25) is 5.02 Å². The van der Waals surface area contributed by atoms with Gasteiger partial charge in [0.25, 0.3) is 0 Å². The molecule has 23 heavy (non-hydrogen) atoms. The fourth-order valence-electron chi connectivity index (χ4n) is 2.29. The maximum Gasteiger partial charge on any atom is 0.450 e. The average molecular weight is 341 g/mol. The molecule has 3 aromatic rings. The molecule has 0 aliphatic carbocycles. The quantitative estimate of drug-likeness (QED) is 0.689. The number of halogens is 4. The SMILES string of the molecule is O=c1c(-c2ccccc2Cl)c(C(F)(F)F)oc2cc(O)ccc12. The van der Waals surface area contributed by atoms with E-state index >= 15 is 0 Å². The number of benzene rings is 2. The number of rotatable bonds is 1. The maximum atomic E-state index is 13.3. The molecule has 1 N–H and O–H groups in total. The van der Waals surface area contributed by atoms with Gasteiger partial charge in [0.05, 0.1) is 10.9 Å². The highest BCUT2D eigenvalue weighted by Crippen LogP contribution is 2.39. The second-order valence-corrected chi connectivity index (χ2v) is 5.20. The fourth-order valence-corrected chi connectivity index (χ4v) is 2.52. The minimum atomic E-state index is -4.90. The third-order valence-corrected chi connectivity index (χ3v) is 3.61. The van der Waals surface area contributed by atoms with E-state index < -0.39 is 22.9 Å². The van der Waals surface area contributed by atoms with Gasteiger partial charge in [-0.3, -0.25) is 4.79 Å². The van der Waals surface area contributed by atoms with Crippen molar-refractivity contribution in [2.75, 3.05) is 0 Å². The Labute approximate surface area is 132 Å². The summed E-state index contributed by atoms with van der Waals surface area (Å²) in [6.07, 6.45) is -4.90. The third-order valence-electron chi connectivity index (χ3n) is 3.28. The van der Waals surface area contributed by atoms with E-state index in [0.29, 0.717) is 0 Å². The highest BCUT2D eigenvalue weighted by atomic mass is 35.5. The molecular weight excluding hydrogens is 333 g/mol. The van der Waals surface area contributed by atoms with Crippen LogP contribution in [0.1, 0.15) is 5.76 Å². The first-order chi connectivity index (χ1) is 10.8. The molecule has 0 bridgehead atoms. The summed E-state index contributed by atoms with van der Waals surface area (Å²) in [4.78, 5) is 12.6. The molecule has 1 heterocycles. The van der Waals surface area contributed by atoms with E-state index in [2.05, 4.69) is 0 Å². The standard InChI is InChI=1S/C16H8ClF3O3/c17-11-4-2-1-3-9(11)13-14(22)10-6-5-8(21)7-12(10)23-15(13)16(18,19)20/h1-7,21H. The molecule has 2 aromatic carbocycles. The first-order valence-corrected chi connectivity index (χ1v) is 6.79. The summed E-state index contributed by atoms with van der Waals surface area (Å²) in [6, 6.07) is 9.08. The van der Waals surface area contributed by atoms with Gasteiger partial charge >= 0.3 is 6.18 Å². The van der Waals surface area contributed by atoms with E-state index in [1.807, 2.05) is 0 Å². The molecular formula is C16H8ClF3O3. The largest absolute Gasteiger partial charge is 0.508 e. The van der Waals surface area contributed by atoms with E-state index in [1.54, 1.807) is 6.07 Å². The zero-order valence-corrected chi connectivity index (χ0v) is 12.1. The molecule has 3 nitrogen and oxygen atoms in total. The normalized spacial score (nSPS) is 11.8. The van der Waals surface area contributed by atoms with Crippen molar-refractivity contribution in [1.82, 2.24) is 0 Å². The van der Waals surface area contributed by atoms with Crippen molar-refractivity contribution < 1.29 is 22.7 Å². The summed E-state index contributed by atoms with van der Waals surface area (Å²) >= 11 is 5.94. The van der Waals surface area contributed by atoms with Crippen molar-refractivity contribution in [2.45, 2.75) is 6.18 Å². The molecule has 7 heteroatoms. The van der Waals surface area contributed by atoms with Crippen molar-refractivity contribution in [1.29, 1.82) is 0 Å². The first kappa shape index (κ1) is 15.4. The Hall–Kier alpha value is -2.47. The van der Waals surface area contributed by atoms with Gasteiger partial charge in [0.1, 0.15) is 11.3 Å². The van der Waals surface area contributed by atoms with Crippen LogP contribution in [-0.2, 0) is 6.18 Å². The molecule has 0 unspecified atom stereocenters. The van der Waals surface area contributed by atoms with Crippen LogP contribution in [0.3, 0.4) is 0 Å². The highest BCUT2D eigenvalue weighted by molar-refractivity contribution is 6.33. The Morgan fingerprint density at radius 3 is 2.43 bits per heavy atom. The smallest absolute Gasteiger partial charge is 0.450 e. The van der Waals surface area contributed by atoms with E-state index in [4.69, 9.17) is 16.0 Å². The van der Waals surface area contributed by atoms with Gasteiger partial charge < -0.3 is 9.52 Å². The molecule has 0 atom stereocenters. The van der Waals surface area contributed by atoms with E-state index in [9.17, 15) is 23.1 Å². The number of aromatic hydroxyl groups is 1. The predicted octanol–water partition coefficient (Wildman–Crippen LogP) is 4.84. The predicted molar refractivity (Wildman–Crippen MR) is 79.6 cm³/mol. The van der Waals surface area contributed by atoms with E-state index in [1.165, 1.54) is 30.3 Å². The van der Waals surface area contributed by atoms with Gasteiger partial charge in [-0.25, -0.2) is 0 Å². The van der Waals surface area contributed by atoms with Crippen LogP contribution in [0.5, 0.6) is 5.75 Å². The summed E-state index contributed by atoms with van der Waals surface area (Å²) in [5, 5.41) is 9.31. The lowest BCUT2D eigenvalue weighted by molar-refractivity contribution is -0.152. The molecule has 0 aliphatic heterocycles. The molecule has 0 spiro atoms. The van der Waals surface area contributed by atoms with Crippen molar-refractivity contribution in [2.24, 2.45) is 0 Å². The molecule has 0 saturated carbocycles. The lowest BCUT2D eigenvalue weighted by Crippen LogP contribution is -2.16. The summed E-state index contributed by atoms with van der Waals surface area (Å²) in [5.74, 6) is -1.76. The third kappa shape index (κ3) is 2.66. The van der Waals surface area contributed by atoms with Crippen LogP contribution in [0.4, 0.5) is 13.2 Å². The van der Waals surface area contributed by atoms with E-state index in [-0.39, 0.29) is 27.3 Å². The number of fused-ring (bicyclic) bond motifs is 1. The Balaban J connectivity index is 2.49. The van der Waals surface area contributed by atoms with Crippen LogP contribution in [0.25, 0.3) is 22.1 Å². The number of hydrogen-bond acceptors (Lipinski definition) is 3. The van der Waals surface area contributed by atoms with Crippen molar-refractivity contribution in [3.8, 4) is 16.9 Å². The lowest BCUT2D eigenvalue weighted by atomic mass is 10.0. The summed E-state index contributed by atoms with van der Waals surface area (Å²) in [7, 11) is 0. The van der Waals surface area contributed by atoms with Gasteiger partial charge in [-0.05, 0) is 18.2 Å². The van der Waals surface area contributed by atoms with E-state index in [0.717, 1.165) is 6.07 Å². The van der Waals surface area contributed by atoms with Gasteiger partial charge in [-0.1, -0.05) is 29.8 Å². The summed E-state index contributed by atoms with van der Waals surface area (Å²) in [6.45, 7) is 0. The Morgan fingerprint density at radius 2 is 1.78 bits per heavy atom. The molecule has 0 saturated heterocycles. The second kappa shape index (κ2) is 5.31. The van der Waals surface area contributed by atoms with Crippen LogP contribution < -0.4 is 5.43 Å². The number of phenolic OH excluding ortho intramolecular Hbond substituents is 1. The minimum absolute atomic E-state index is 0.00317. The zero-order chi connectivity index (χ0) is 16.8. The molecule has 0 amide bonds. The van der Waals surface area contributed by atoms with Crippen LogP contribution >= 0.6 is 11.6 Å². The Kier molecular flexibility index (Phi) is 3.56. The van der Waals surface area contributed by atoms with Crippen LogP contribution in [0.15, 0.2) is 51.7 Å². The Bertz CT molecular complexity index is 961. The minimum Gasteiger partial charge on any atom is -0.508 e. The monoisotopic (exact) mass is 340 g/mol. The first-order valence-electron chi connectivity index (χ1n) is 6.41. The molecule has 3 rings (SSSR count). The average Bonchev–Trinajstić information content (AvgIpc) is 2.47. The molecule has 0 radical (unpaired) electrons. The number of phenols is 1. The van der Waals surface area contributed by atoms with Crippen molar-refractivity contribution >= 4 is 22.6 Å². The zero-order valence-electron chi connectivity index (χ0n) is 11.3. The number of hydrogen-bond donors (Lipinski definition) is 1. The number of alkyl halides is 3. The summed E-state index contributed by atoms with van der Waals surface area (Å²) in [5.41, 5.74) is -1.93. The van der Waals surface area contributed by atoms with Crippen LogP contribution in [0, 0.1) is 0 Å². The molecule has 1 aromatic heterocycles. The van der Waals surface area contributed by atoms with Crippen molar-refractivity contribution in [3.63, 3.8) is 0 Å². The summed E-state index contributed by atoms with van der Waals surface area (Å²) < 4.78 is 44.9. The van der Waals surface area contributed by atoms with Crippen molar-refractivity contribution in [3.05, 3.63) is 63.5 Å². The van der Waals surface area contributed by atoms with Crippen LogP contribution in [-0.4, -0.2) is 5.11 Å². The fraction of sp³-hybridized carbons (Fsp3) is 0.0625. The maximum absolute atomic E-state index is 13.3. The topological polar surface area (TPSA) is 50.4 Å².